The molecule has 0 saturated carbocycles. The van der Waals surface area contributed by atoms with Crippen molar-refractivity contribution in [3.8, 4) is 0 Å². The molecule has 2 N–H and O–H groups in total. The summed E-state index contributed by atoms with van der Waals surface area (Å²) >= 11 is 0. The van der Waals surface area contributed by atoms with Gasteiger partial charge in [-0.3, -0.25) is 4.79 Å². The summed E-state index contributed by atoms with van der Waals surface area (Å²) in [5.41, 5.74) is 4.27. The molecule has 0 unspecified atom stereocenters. The van der Waals surface area contributed by atoms with Crippen molar-refractivity contribution in [1.82, 2.24) is 10.6 Å². The van der Waals surface area contributed by atoms with Crippen molar-refractivity contribution in [3.63, 3.8) is 0 Å². The molecule has 0 heterocycles. The highest BCUT2D eigenvalue weighted by atomic mass is 16.2. The maximum Gasteiger partial charge on any atom is 0.271 e. The van der Waals surface area contributed by atoms with E-state index in [2.05, 4.69) is 23.8 Å². The Kier molecular flexibility index (Phi) is 7.27. The highest BCUT2D eigenvalue weighted by Crippen LogP contribution is 2.17. The molecule has 0 radical (unpaired) electrons. The Morgan fingerprint density at radius 2 is 1.79 bits per heavy atom. The summed E-state index contributed by atoms with van der Waals surface area (Å²) in [5.74, 6) is -0.196. The molecule has 0 bridgehead atoms. The lowest BCUT2D eigenvalue weighted by Gasteiger charge is -2.11. The Labute approximate surface area is 116 Å². The average molecular weight is 260 g/mol. The molecule has 0 aliphatic rings. The van der Waals surface area contributed by atoms with Gasteiger partial charge < -0.3 is 10.6 Å². The fourth-order valence-electron chi connectivity index (χ4n) is 1.46. The summed E-state index contributed by atoms with van der Waals surface area (Å²) < 4.78 is 0. The van der Waals surface area contributed by atoms with E-state index in [1.807, 2.05) is 32.9 Å². The molecule has 0 spiro atoms. The van der Waals surface area contributed by atoms with E-state index in [-0.39, 0.29) is 5.91 Å². The van der Waals surface area contributed by atoms with Gasteiger partial charge in [0.1, 0.15) is 5.70 Å². The Morgan fingerprint density at radius 1 is 1.21 bits per heavy atom. The first kappa shape index (κ1) is 17.0. The number of hydrogen-bond acceptors (Lipinski definition) is 2. The monoisotopic (exact) mass is 260 g/mol. The van der Waals surface area contributed by atoms with Gasteiger partial charge >= 0.3 is 0 Å². The van der Waals surface area contributed by atoms with Crippen molar-refractivity contribution in [1.29, 1.82) is 0 Å². The summed E-state index contributed by atoms with van der Waals surface area (Å²) in [6, 6.07) is 0. The molecule has 0 aromatic carbocycles. The zero-order chi connectivity index (χ0) is 15.0. The summed E-state index contributed by atoms with van der Waals surface area (Å²) in [7, 11) is 1.72. The van der Waals surface area contributed by atoms with Crippen LogP contribution in [0.2, 0.25) is 0 Å². The van der Waals surface area contributed by atoms with Gasteiger partial charge in [0.25, 0.3) is 5.91 Å². The van der Waals surface area contributed by atoms with Crippen LogP contribution in [0.1, 0.15) is 27.7 Å². The highest BCUT2D eigenvalue weighted by molar-refractivity contribution is 5.94. The molecule has 0 aliphatic heterocycles. The number of likely N-dealkylation sites (N-methyl/N-ethyl adjacent to an activating group) is 1. The van der Waals surface area contributed by atoms with Crippen LogP contribution in [0.5, 0.6) is 0 Å². The van der Waals surface area contributed by atoms with Crippen molar-refractivity contribution < 1.29 is 4.79 Å². The minimum absolute atomic E-state index is 0.196. The second-order valence-electron chi connectivity index (χ2n) is 4.30. The minimum Gasteiger partial charge on any atom is -0.384 e. The topological polar surface area (TPSA) is 41.1 Å². The predicted octanol–water partition coefficient (Wildman–Crippen LogP) is 3.21. The lowest BCUT2D eigenvalue weighted by atomic mass is 10.0. The molecule has 0 aliphatic carbocycles. The zero-order valence-electron chi connectivity index (χ0n) is 12.6. The molecule has 0 atom stereocenters. The number of carbonyl (C=O) groups excluding carboxylic acids is 1. The Balaban J connectivity index is 5.41. The van der Waals surface area contributed by atoms with Crippen LogP contribution in [0, 0.1) is 0 Å². The van der Waals surface area contributed by atoms with Gasteiger partial charge in [0.05, 0.1) is 0 Å². The fourth-order valence-corrected chi connectivity index (χ4v) is 1.46. The van der Waals surface area contributed by atoms with Gasteiger partial charge in [0, 0.05) is 12.7 Å². The SMILES string of the molecule is C=C\C(C)=C(C)/C(/C=C(\NC)C(=O)NC(=C)C)=C\C. The molecular weight excluding hydrogens is 236 g/mol. The van der Waals surface area contributed by atoms with Crippen LogP contribution in [-0.2, 0) is 4.79 Å². The molecule has 1 amide bonds. The van der Waals surface area contributed by atoms with Gasteiger partial charge in [0.15, 0.2) is 0 Å². The molecule has 104 valence electrons. The van der Waals surface area contributed by atoms with E-state index in [4.69, 9.17) is 0 Å². The fraction of sp³-hybridized carbons (Fsp3) is 0.312. The number of carbonyl (C=O) groups is 1. The predicted molar refractivity (Wildman–Crippen MR) is 82.4 cm³/mol. The van der Waals surface area contributed by atoms with E-state index < -0.39 is 0 Å². The molecule has 3 heteroatoms. The van der Waals surface area contributed by atoms with E-state index in [0.29, 0.717) is 11.4 Å². The van der Waals surface area contributed by atoms with E-state index in [1.165, 1.54) is 0 Å². The van der Waals surface area contributed by atoms with E-state index >= 15 is 0 Å². The first-order valence-corrected chi connectivity index (χ1v) is 6.20. The Hall–Kier alpha value is -2.03. The van der Waals surface area contributed by atoms with Crippen molar-refractivity contribution in [2.75, 3.05) is 7.05 Å². The first-order valence-electron chi connectivity index (χ1n) is 6.20. The van der Waals surface area contributed by atoms with Crippen molar-refractivity contribution in [3.05, 3.63) is 59.5 Å². The van der Waals surface area contributed by atoms with E-state index in [1.54, 1.807) is 20.0 Å². The number of allylic oxidation sites excluding steroid dienone is 7. The van der Waals surface area contributed by atoms with Gasteiger partial charge in [-0.25, -0.2) is 0 Å². The van der Waals surface area contributed by atoms with Crippen molar-refractivity contribution in [2.24, 2.45) is 0 Å². The van der Waals surface area contributed by atoms with Crippen LogP contribution >= 0.6 is 0 Å². The third kappa shape index (κ3) is 5.42. The van der Waals surface area contributed by atoms with Gasteiger partial charge in [0.2, 0.25) is 0 Å². The number of nitrogens with one attached hydrogen (secondary N) is 2. The minimum atomic E-state index is -0.196. The quantitative estimate of drug-likeness (QED) is 0.569. The molecule has 19 heavy (non-hydrogen) atoms. The Morgan fingerprint density at radius 3 is 2.16 bits per heavy atom. The number of rotatable bonds is 6. The highest BCUT2D eigenvalue weighted by Gasteiger charge is 2.09. The summed E-state index contributed by atoms with van der Waals surface area (Å²) in [4.78, 5) is 11.9. The molecule has 0 aromatic heterocycles. The van der Waals surface area contributed by atoms with Gasteiger partial charge in [-0.1, -0.05) is 25.3 Å². The normalized spacial score (nSPS) is 13.5. The van der Waals surface area contributed by atoms with Crippen molar-refractivity contribution in [2.45, 2.75) is 27.7 Å². The molecule has 0 aromatic rings. The second kappa shape index (κ2) is 8.14. The lowest BCUT2D eigenvalue weighted by Crippen LogP contribution is -2.28. The first-order chi connectivity index (χ1) is 8.87. The smallest absolute Gasteiger partial charge is 0.271 e. The average Bonchev–Trinajstić information content (AvgIpc) is 2.37. The van der Waals surface area contributed by atoms with Crippen LogP contribution in [0.3, 0.4) is 0 Å². The third-order valence-corrected chi connectivity index (χ3v) is 2.78. The van der Waals surface area contributed by atoms with E-state index in [9.17, 15) is 4.79 Å². The third-order valence-electron chi connectivity index (χ3n) is 2.78. The van der Waals surface area contributed by atoms with Crippen LogP contribution in [-0.4, -0.2) is 13.0 Å². The number of amides is 1. The summed E-state index contributed by atoms with van der Waals surface area (Å²) in [6.45, 7) is 15.1. The van der Waals surface area contributed by atoms with E-state index in [0.717, 1.165) is 16.7 Å². The van der Waals surface area contributed by atoms with Crippen LogP contribution in [0.25, 0.3) is 0 Å². The lowest BCUT2D eigenvalue weighted by molar-refractivity contribution is -0.117. The molecule has 3 nitrogen and oxygen atoms in total. The second-order valence-corrected chi connectivity index (χ2v) is 4.30. The largest absolute Gasteiger partial charge is 0.384 e. The van der Waals surface area contributed by atoms with Gasteiger partial charge in [-0.2, -0.15) is 0 Å². The summed E-state index contributed by atoms with van der Waals surface area (Å²) in [6.07, 6.45) is 5.59. The van der Waals surface area contributed by atoms with Crippen LogP contribution < -0.4 is 10.6 Å². The number of hydrogen-bond donors (Lipinski definition) is 2. The Bertz CT molecular complexity index is 465. The van der Waals surface area contributed by atoms with Crippen LogP contribution in [0.15, 0.2) is 59.5 Å². The van der Waals surface area contributed by atoms with Gasteiger partial charge in [-0.05, 0) is 50.5 Å². The molecule has 0 fully saturated rings. The maximum atomic E-state index is 11.9. The van der Waals surface area contributed by atoms with Crippen molar-refractivity contribution >= 4 is 5.91 Å². The van der Waals surface area contributed by atoms with Gasteiger partial charge in [-0.15, -0.1) is 0 Å². The standard InChI is InChI=1S/C16H24N2O/c1-8-12(5)13(6)14(9-2)10-15(17-7)16(19)18-11(3)4/h8-10,17H,1,3H2,2,4-7H3,(H,18,19)/b13-12-,14-9-,15-10-. The van der Waals surface area contributed by atoms with Crippen LogP contribution in [0.4, 0.5) is 0 Å². The zero-order valence-corrected chi connectivity index (χ0v) is 12.6. The summed E-state index contributed by atoms with van der Waals surface area (Å²) in [5, 5.41) is 5.58. The molecular formula is C16H24N2O. The molecule has 0 saturated heterocycles. The molecule has 0 rings (SSSR count). The maximum absolute atomic E-state index is 11.9.